The second-order valence-electron chi connectivity index (χ2n) is 6.90. The van der Waals surface area contributed by atoms with Crippen LogP contribution in [0.3, 0.4) is 0 Å². The molecule has 2 aliphatic heterocycles. The molecular formula is C21H29N4O5S+. The van der Waals surface area contributed by atoms with Gasteiger partial charge >= 0.3 is 23.1 Å². The number of likely N-dealkylation sites (tertiary alicyclic amines) is 1. The third-order valence-corrected chi connectivity index (χ3v) is 5.60. The number of hydrogen-bond acceptors (Lipinski definition) is 4. The number of carboxylic acid groups (broad SMARTS) is 2. The highest BCUT2D eigenvalue weighted by atomic mass is 32.2. The number of nitrogens with zero attached hydrogens (tertiary/aromatic N) is 3. The highest BCUT2D eigenvalue weighted by molar-refractivity contribution is 8.14. The van der Waals surface area contributed by atoms with Crippen molar-refractivity contribution in [3.8, 4) is 5.75 Å². The summed E-state index contributed by atoms with van der Waals surface area (Å²) in [6.07, 6.45) is 4.91. The lowest BCUT2D eigenvalue weighted by Crippen LogP contribution is -2.42. The molecule has 31 heavy (non-hydrogen) atoms. The van der Waals surface area contributed by atoms with Gasteiger partial charge in [0.25, 0.3) is 0 Å². The second-order valence-corrected chi connectivity index (χ2v) is 7.96. The van der Waals surface area contributed by atoms with Crippen molar-refractivity contribution in [2.75, 3.05) is 44.9 Å². The minimum absolute atomic E-state index is 0.558. The molecule has 2 aliphatic rings. The topological polar surface area (TPSA) is 116 Å². The minimum atomic E-state index is -1.26. The Morgan fingerprint density at radius 2 is 1.68 bits per heavy atom. The van der Waals surface area contributed by atoms with Gasteiger partial charge in [-0.3, -0.25) is 15.1 Å². The fraction of sp³-hybridized carbons (Fsp3) is 0.429. The number of hydrogen-bond donors (Lipinski definition) is 3. The number of rotatable bonds is 4. The van der Waals surface area contributed by atoms with Crippen molar-refractivity contribution >= 4 is 40.5 Å². The first kappa shape index (κ1) is 24.2. The van der Waals surface area contributed by atoms with Crippen LogP contribution in [0.25, 0.3) is 0 Å². The minimum Gasteiger partial charge on any atom is -0.497 e. The van der Waals surface area contributed by atoms with Crippen LogP contribution in [0.15, 0.2) is 36.4 Å². The number of aliphatic carboxylic acids is 2. The summed E-state index contributed by atoms with van der Waals surface area (Å²) in [6, 6.07) is 8.02. The molecule has 1 aromatic rings. The molecule has 0 aromatic heterocycles. The van der Waals surface area contributed by atoms with E-state index in [9.17, 15) is 9.59 Å². The Kier molecular flexibility index (Phi) is 9.80. The van der Waals surface area contributed by atoms with Crippen LogP contribution in [0.5, 0.6) is 5.75 Å². The number of carbonyl (C=O) groups is 2. The molecule has 168 valence electrons. The van der Waals surface area contributed by atoms with Gasteiger partial charge in [0.2, 0.25) is 0 Å². The molecule has 0 bridgehead atoms. The van der Waals surface area contributed by atoms with Crippen molar-refractivity contribution in [2.45, 2.75) is 19.3 Å². The summed E-state index contributed by atoms with van der Waals surface area (Å²) in [6.45, 7) is 3.21. The van der Waals surface area contributed by atoms with Gasteiger partial charge < -0.3 is 14.9 Å². The summed E-state index contributed by atoms with van der Waals surface area (Å²) in [7, 11) is 3.80. The van der Waals surface area contributed by atoms with E-state index in [-0.39, 0.29) is 0 Å². The van der Waals surface area contributed by atoms with Crippen molar-refractivity contribution in [3.05, 3.63) is 36.4 Å². The fourth-order valence-electron chi connectivity index (χ4n) is 2.92. The monoisotopic (exact) mass is 449 g/mol. The number of guanidine groups is 1. The van der Waals surface area contributed by atoms with Crippen LogP contribution < -0.4 is 14.7 Å². The standard InChI is InChI=1S/C17H24N4OS.C4H4O4/c1-20-12-13-23-17(20)19-16(21-10-4-3-5-11-21)18-14-6-8-15(22-2)9-7-14;5-3(6)1-2-4(7)8/h6-9H,3-5,10-13H2,1-2H3;1-2H,(H,5,6)(H,7,8)/p+1/b;2-1+. The van der Waals surface area contributed by atoms with Gasteiger partial charge in [-0.25, -0.2) is 14.3 Å². The van der Waals surface area contributed by atoms with Crippen LogP contribution in [0.2, 0.25) is 0 Å². The molecule has 0 aliphatic carbocycles. The first-order chi connectivity index (χ1) is 14.9. The lowest BCUT2D eigenvalue weighted by Gasteiger charge is -2.23. The van der Waals surface area contributed by atoms with Crippen LogP contribution in [0.4, 0.5) is 5.69 Å². The number of methoxy groups -OCH3 is 1. The van der Waals surface area contributed by atoms with Gasteiger partial charge in [0, 0.05) is 25.0 Å². The van der Waals surface area contributed by atoms with Crippen molar-refractivity contribution in [1.82, 2.24) is 14.5 Å². The summed E-state index contributed by atoms with van der Waals surface area (Å²) < 4.78 is 10.2. The maximum Gasteiger partial charge on any atom is 0.402 e. The van der Waals surface area contributed by atoms with Crippen LogP contribution in [0, 0.1) is 0 Å². The highest BCUT2D eigenvalue weighted by Gasteiger charge is 2.25. The van der Waals surface area contributed by atoms with Crippen LogP contribution in [-0.4, -0.2) is 82.6 Å². The van der Waals surface area contributed by atoms with Gasteiger partial charge in [0.15, 0.2) is 0 Å². The Morgan fingerprint density at radius 3 is 2.16 bits per heavy atom. The number of ether oxygens (including phenoxy) is 1. The number of thioether (sulfide) groups is 1. The predicted octanol–water partition coefficient (Wildman–Crippen LogP) is 1.76. The van der Waals surface area contributed by atoms with Crippen molar-refractivity contribution in [3.63, 3.8) is 0 Å². The molecule has 3 rings (SSSR count). The zero-order valence-electron chi connectivity index (χ0n) is 17.8. The lowest BCUT2D eigenvalue weighted by atomic mass is 10.1. The van der Waals surface area contributed by atoms with Gasteiger partial charge in [-0.05, 0) is 55.3 Å². The lowest BCUT2D eigenvalue weighted by molar-refractivity contribution is -0.134. The number of anilines is 1. The van der Waals surface area contributed by atoms with E-state index in [1.165, 1.54) is 19.3 Å². The number of amidine groups is 1. The third-order valence-electron chi connectivity index (χ3n) is 4.56. The largest absolute Gasteiger partial charge is 0.497 e. The van der Waals surface area contributed by atoms with Crippen LogP contribution in [-0.2, 0) is 9.59 Å². The number of benzene rings is 1. The van der Waals surface area contributed by atoms with Gasteiger partial charge in [-0.2, -0.15) is 0 Å². The van der Waals surface area contributed by atoms with E-state index in [2.05, 4.69) is 22.2 Å². The second kappa shape index (κ2) is 12.6. The van der Waals surface area contributed by atoms with Crippen molar-refractivity contribution in [2.24, 2.45) is 0 Å². The summed E-state index contributed by atoms with van der Waals surface area (Å²) in [5, 5.41) is 20.2. The van der Waals surface area contributed by atoms with E-state index >= 15 is 0 Å². The zero-order valence-corrected chi connectivity index (χ0v) is 18.6. The van der Waals surface area contributed by atoms with E-state index in [0.717, 1.165) is 48.0 Å². The number of piperidine rings is 1. The molecule has 0 unspecified atom stereocenters. The van der Waals surface area contributed by atoms with Gasteiger partial charge in [0.1, 0.15) is 5.75 Å². The van der Waals surface area contributed by atoms with Gasteiger partial charge in [-0.1, -0.05) is 0 Å². The molecule has 0 radical (unpaired) electrons. The normalized spacial score (nSPS) is 15.7. The van der Waals surface area contributed by atoms with E-state index in [1.807, 2.05) is 36.0 Å². The molecule has 1 aromatic carbocycles. The smallest absolute Gasteiger partial charge is 0.402 e. The van der Waals surface area contributed by atoms with E-state index < -0.39 is 11.9 Å². The molecule has 0 atom stereocenters. The predicted molar refractivity (Wildman–Crippen MR) is 124 cm³/mol. The van der Waals surface area contributed by atoms with E-state index in [4.69, 9.17) is 19.6 Å². The summed E-state index contributed by atoms with van der Waals surface area (Å²) >= 11 is 1.83. The molecule has 2 heterocycles. The van der Waals surface area contributed by atoms with Crippen LogP contribution in [0.1, 0.15) is 19.3 Å². The van der Waals surface area contributed by atoms with Gasteiger partial charge in [0.05, 0.1) is 32.4 Å². The molecule has 9 nitrogen and oxygen atoms in total. The maximum atomic E-state index is 9.55. The average molecular weight is 450 g/mol. The summed E-state index contributed by atoms with van der Waals surface area (Å²) in [5.41, 5.74) is 1.04. The highest BCUT2D eigenvalue weighted by Crippen LogP contribution is 2.17. The Labute approximate surface area is 186 Å². The SMILES string of the molecule is COc1ccc(NC(=[N+]=C2SCCN2C)N2CCCCC2)cc1.O=C(O)/C=C/C(=O)O. The van der Waals surface area contributed by atoms with Crippen LogP contribution >= 0.6 is 11.8 Å². The molecule has 0 spiro atoms. The Balaban J connectivity index is 0.000000366. The molecule has 10 heteroatoms. The van der Waals surface area contributed by atoms with Crippen molar-refractivity contribution in [1.29, 1.82) is 0 Å². The number of nitrogens with one attached hydrogen (secondary N) is 1. The third kappa shape index (κ3) is 8.65. The average Bonchev–Trinajstić information content (AvgIpc) is 3.18. The van der Waals surface area contributed by atoms with E-state index in [1.54, 1.807) is 7.11 Å². The first-order valence-electron chi connectivity index (χ1n) is 9.98. The van der Waals surface area contributed by atoms with E-state index in [0.29, 0.717) is 12.2 Å². The number of carboxylic acids is 2. The Morgan fingerprint density at radius 1 is 1.06 bits per heavy atom. The maximum absolute atomic E-state index is 9.55. The molecule has 2 fully saturated rings. The van der Waals surface area contributed by atoms with Gasteiger partial charge in [-0.15, -0.1) is 0 Å². The summed E-state index contributed by atoms with van der Waals surface area (Å²) in [5.74, 6) is 0.434. The summed E-state index contributed by atoms with van der Waals surface area (Å²) in [4.78, 5) is 23.7. The molecular weight excluding hydrogens is 420 g/mol. The molecule has 0 saturated carbocycles. The van der Waals surface area contributed by atoms with Crippen molar-refractivity contribution < 1.29 is 24.5 Å². The Bertz CT molecular complexity index is 828. The molecule has 3 N–H and O–H groups in total. The quantitative estimate of drug-likeness (QED) is 0.274. The fourth-order valence-corrected chi connectivity index (χ4v) is 3.93. The first-order valence-corrected chi connectivity index (χ1v) is 11.0. The Hall–Kier alpha value is -3.10. The molecule has 0 amide bonds. The molecule has 2 saturated heterocycles. The zero-order chi connectivity index (χ0) is 22.6.